The van der Waals surface area contributed by atoms with Crippen molar-refractivity contribution in [2.45, 2.75) is 25.8 Å². The van der Waals surface area contributed by atoms with Crippen LogP contribution < -0.4 is 5.32 Å². The Morgan fingerprint density at radius 1 is 1.22 bits per heavy atom. The second-order valence-corrected chi connectivity index (χ2v) is 10.2. The highest BCUT2D eigenvalue weighted by Crippen LogP contribution is 2.29. The van der Waals surface area contributed by atoms with Crippen LogP contribution in [0.1, 0.15) is 28.6 Å². The van der Waals surface area contributed by atoms with E-state index in [2.05, 4.69) is 5.32 Å². The molecule has 1 aliphatic heterocycles. The summed E-state index contributed by atoms with van der Waals surface area (Å²) in [5, 5.41) is 4.47. The summed E-state index contributed by atoms with van der Waals surface area (Å²) in [6.07, 6.45) is 0.359. The average molecular weight is 408 g/mol. The van der Waals surface area contributed by atoms with E-state index >= 15 is 0 Å². The summed E-state index contributed by atoms with van der Waals surface area (Å²) in [7, 11) is -3.13. The lowest BCUT2D eigenvalue weighted by Gasteiger charge is -2.23. The summed E-state index contributed by atoms with van der Waals surface area (Å²) >= 11 is 1.25. The van der Waals surface area contributed by atoms with Gasteiger partial charge >= 0.3 is 5.97 Å². The third kappa shape index (κ3) is 4.75. The van der Waals surface area contributed by atoms with E-state index in [4.69, 9.17) is 4.74 Å². The maximum atomic E-state index is 12.4. The number of hydrogen-bond acceptors (Lipinski definition) is 6. The van der Waals surface area contributed by atoms with Crippen LogP contribution in [0.5, 0.6) is 0 Å². The first-order chi connectivity index (χ1) is 12.7. The molecule has 6 nitrogen and oxygen atoms in total. The van der Waals surface area contributed by atoms with Crippen molar-refractivity contribution in [1.29, 1.82) is 0 Å². The number of carbonyl (C=O) groups excluding carboxylic acids is 2. The van der Waals surface area contributed by atoms with Crippen LogP contribution in [0.25, 0.3) is 11.1 Å². The molecular weight excluding hydrogens is 386 g/mol. The van der Waals surface area contributed by atoms with Gasteiger partial charge in [-0.05, 0) is 37.3 Å². The van der Waals surface area contributed by atoms with E-state index in [1.165, 1.54) is 11.3 Å². The monoisotopic (exact) mass is 407 g/mol. The lowest BCUT2D eigenvalue weighted by atomic mass is 10.0. The number of nitrogens with one attached hydrogen (secondary N) is 1. The summed E-state index contributed by atoms with van der Waals surface area (Å²) in [5.41, 5.74) is 1.98. The normalized spacial score (nSPS) is 21.0. The van der Waals surface area contributed by atoms with Gasteiger partial charge in [0.1, 0.15) is 4.88 Å². The first-order valence-corrected chi connectivity index (χ1v) is 11.2. The summed E-state index contributed by atoms with van der Waals surface area (Å²) < 4.78 is 28.4. The Kier molecular flexibility index (Phi) is 5.39. The van der Waals surface area contributed by atoms with Gasteiger partial charge in [-0.1, -0.05) is 29.8 Å². The highest BCUT2D eigenvalue weighted by molar-refractivity contribution is 7.91. The van der Waals surface area contributed by atoms with Gasteiger partial charge < -0.3 is 10.1 Å². The van der Waals surface area contributed by atoms with E-state index < -0.39 is 33.9 Å². The smallest absolute Gasteiger partial charge is 0.349 e. The van der Waals surface area contributed by atoms with Crippen molar-refractivity contribution < 1.29 is 22.7 Å². The second kappa shape index (κ2) is 7.44. The Morgan fingerprint density at radius 2 is 1.93 bits per heavy atom. The van der Waals surface area contributed by atoms with E-state index in [9.17, 15) is 18.0 Å². The average Bonchev–Trinajstić information content (AvgIpc) is 3.18. The summed E-state index contributed by atoms with van der Waals surface area (Å²) in [4.78, 5) is 24.9. The maximum Gasteiger partial charge on any atom is 0.349 e. The number of hydrogen-bond donors (Lipinski definition) is 1. The molecule has 1 amide bonds. The van der Waals surface area contributed by atoms with Crippen LogP contribution in [-0.4, -0.2) is 43.9 Å². The fraction of sp³-hybridized carbons (Fsp3) is 0.368. The molecule has 1 fully saturated rings. The van der Waals surface area contributed by atoms with Crippen molar-refractivity contribution in [3.63, 3.8) is 0 Å². The highest BCUT2D eigenvalue weighted by Gasteiger charge is 2.39. The van der Waals surface area contributed by atoms with Crippen molar-refractivity contribution in [2.75, 3.05) is 18.1 Å². The van der Waals surface area contributed by atoms with Crippen LogP contribution in [-0.2, 0) is 19.4 Å². The van der Waals surface area contributed by atoms with Gasteiger partial charge in [-0.3, -0.25) is 4.79 Å². The van der Waals surface area contributed by atoms with E-state index in [0.717, 1.165) is 16.7 Å². The number of amides is 1. The molecule has 1 aliphatic rings. The molecular formula is C19H21NO5S2. The molecule has 0 spiro atoms. The molecule has 3 rings (SSSR count). The molecule has 0 unspecified atom stereocenters. The van der Waals surface area contributed by atoms with Crippen molar-refractivity contribution in [2.24, 2.45) is 0 Å². The fourth-order valence-corrected chi connectivity index (χ4v) is 6.01. The Labute approximate surface area is 162 Å². The molecule has 0 saturated carbocycles. The lowest BCUT2D eigenvalue weighted by molar-refractivity contribution is -0.125. The molecule has 1 aromatic carbocycles. The van der Waals surface area contributed by atoms with Gasteiger partial charge in [-0.15, -0.1) is 11.3 Å². The SMILES string of the molecule is Cc1ccc(-c2ccsc2C(=O)OCC(=O)N[C@@]2(C)CCS(=O)(=O)C2)cc1. The zero-order valence-corrected chi connectivity index (χ0v) is 16.8. The molecule has 1 saturated heterocycles. The molecule has 144 valence electrons. The summed E-state index contributed by atoms with van der Waals surface area (Å²) in [6, 6.07) is 9.64. The second-order valence-electron chi connectivity index (χ2n) is 7.06. The predicted octanol–water partition coefficient (Wildman–Crippen LogP) is 2.57. The minimum atomic E-state index is -3.13. The first-order valence-electron chi connectivity index (χ1n) is 8.51. The molecule has 1 N–H and O–H groups in total. The van der Waals surface area contributed by atoms with Crippen LogP contribution in [0.3, 0.4) is 0 Å². The molecule has 2 aromatic rings. The molecule has 0 bridgehead atoms. The largest absolute Gasteiger partial charge is 0.451 e. The van der Waals surface area contributed by atoms with Gasteiger partial charge in [-0.2, -0.15) is 0 Å². The van der Waals surface area contributed by atoms with Gasteiger partial charge in [-0.25, -0.2) is 13.2 Å². The number of aryl methyl sites for hydroxylation is 1. The van der Waals surface area contributed by atoms with E-state index in [-0.39, 0.29) is 11.5 Å². The molecule has 2 heterocycles. The number of thiophene rings is 1. The number of ether oxygens (including phenoxy) is 1. The highest BCUT2D eigenvalue weighted by atomic mass is 32.2. The van der Waals surface area contributed by atoms with Crippen molar-refractivity contribution in [3.05, 3.63) is 46.2 Å². The van der Waals surface area contributed by atoms with Crippen LogP contribution in [0.15, 0.2) is 35.7 Å². The topological polar surface area (TPSA) is 89.5 Å². The van der Waals surface area contributed by atoms with Gasteiger partial charge in [0.2, 0.25) is 0 Å². The maximum absolute atomic E-state index is 12.4. The van der Waals surface area contributed by atoms with E-state index in [1.807, 2.05) is 37.3 Å². The predicted molar refractivity (Wildman–Crippen MR) is 105 cm³/mol. The third-order valence-corrected chi connectivity index (χ3v) is 7.29. The van der Waals surface area contributed by atoms with Crippen molar-refractivity contribution in [1.82, 2.24) is 5.32 Å². The van der Waals surface area contributed by atoms with Crippen molar-refractivity contribution >= 4 is 33.1 Å². The minimum absolute atomic E-state index is 0.0542. The van der Waals surface area contributed by atoms with Crippen LogP contribution >= 0.6 is 11.3 Å². The molecule has 8 heteroatoms. The Hall–Kier alpha value is -2.19. The zero-order valence-electron chi connectivity index (χ0n) is 15.2. The number of carbonyl (C=O) groups is 2. The minimum Gasteiger partial charge on any atom is -0.451 e. The first kappa shape index (κ1) is 19.6. The van der Waals surface area contributed by atoms with Gasteiger partial charge in [0.05, 0.1) is 17.0 Å². The van der Waals surface area contributed by atoms with Gasteiger partial charge in [0.15, 0.2) is 16.4 Å². The molecule has 1 aromatic heterocycles. The number of sulfone groups is 1. The van der Waals surface area contributed by atoms with Gasteiger partial charge in [0, 0.05) is 5.56 Å². The van der Waals surface area contributed by atoms with Crippen LogP contribution in [0, 0.1) is 6.92 Å². The summed E-state index contributed by atoms with van der Waals surface area (Å²) in [5.74, 6) is -1.11. The van der Waals surface area contributed by atoms with Gasteiger partial charge in [0.25, 0.3) is 5.91 Å². The van der Waals surface area contributed by atoms with Crippen molar-refractivity contribution in [3.8, 4) is 11.1 Å². The zero-order chi connectivity index (χ0) is 19.7. The van der Waals surface area contributed by atoms with E-state index in [1.54, 1.807) is 12.3 Å². The fourth-order valence-electron chi connectivity index (χ4n) is 3.11. The Morgan fingerprint density at radius 3 is 2.56 bits per heavy atom. The Bertz CT molecular complexity index is 962. The van der Waals surface area contributed by atoms with Crippen LogP contribution in [0.4, 0.5) is 0 Å². The third-order valence-electron chi connectivity index (χ3n) is 4.49. The number of benzene rings is 1. The summed E-state index contributed by atoms with van der Waals surface area (Å²) in [6.45, 7) is 3.23. The lowest BCUT2D eigenvalue weighted by Crippen LogP contribution is -2.48. The quantitative estimate of drug-likeness (QED) is 0.770. The number of esters is 1. The standard InChI is InChI=1S/C19H21NO5S2/c1-13-3-5-14(6-4-13)15-7-9-26-17(15)18(22)25-11-16(21)20-19(2)8-10-27(23,24)12-19/h3-7,9H,8,10-12H2,1-2H3,(H,20,21)/t19-/m0/s1. The number of rotatable bonds is 5. The molecule has 27 heavy (non-hydrogen) atoms. The Balaban J connectivity index is 1.61. The van der Waals surface area contributed by atoms with Crippen LogP contribution in [0.2, 0.25) is 0 Å². The molecule has 1 atom stereocenters. The molecule has 0 radical (unpaired) electrons. The van der Waals surface area contributed by atoms with E-state index in [0.29, 0.717) is 11.3 Å². The molecule has 0 aliphatic carbocycles.